The van der Waals surface area contributed by atoms with Crippen LogP contribution in [-0.4, -0.2) is 59.0 Å². The van der Waals surface area contributed by atoms with Crippen LogP contribution in [0.4, 0.5) is 0 Å². The van der Waals surface area contributed by atoms with Crippen molar-refractivity contribution >= 4 is 5.91 Å². The predicted molar refractivity (Wildman–Crippen MR) is 86.0 cm³/mol. The minimum Gasteiger partial charge on any atom is -0.394 e. The van der Waals surface area contributed by atoms with E-state index in [4.69, 9.17) is 9.84 Å². The van der Waals surface area contributed by atoms with Crippen LogP contribution >= 0.6 is 0 Å². The Kier molecular flexibility index (Phi) is 7.16. The molecule has 1 heterocycles. The van der Waals surface area contributed by atoms with E-state index in [1.807, 2.05) is 30.3 Å². The lowest BCUT2D eigenvalue weighted by atomic mass is 10.1. The molecule has 0 radical (unpaired) electrons. The second-order valence-corrected chi connectivity index (χ2v) is 4.97. The molecule has 0 aliphatic carbocycles. The van der Waals surface area contributed by atoms with Crippen LogP contribution in [0.15, 0.2) is 48.7 Å². The smallest absolute Gasteiger partial charge is 0.274 e. The van der Waals surface area contributed by atoms with Gasteiger partial charge in [0.1, 0.15) is 0 Å². The first-order valence-electron chi connectivity index (χ1n) is 7.61. The van der Waals surface area contributed by atoms with Gasteiger partial charge in [0, 0.05) is 19.3 Å². The number of benzene rings is 1. The Labute approximate surface area is 135 Å². The molecule has 6 heteroatoms. The third-order valence-corrected chi connectivity index (χ3v) is 3.33. The predicted octanol–water partition coefficient (Wildman–Crippen LogP) is 1.17. The number of ether oxygens (including phenoxy) is 1. The first-order valence-corrected chi connectivity index (χ1v) is 7.61. The topological polar surface area (TPSA) is 75.6 Å². The van der Waals surface area contributed by atoms with Crippen LogP contribution in [0.3, 0.4) is 0 Å². The number of aliphatic hydroxyl groups is 1. The van der Waals surface area contributed by atoms with Gasteiger partial charge in [-0.3, -0.25) is 4.79 Å². The molecule has 2 rings (SSSR count). The number of aliphatic hydroxyl groups excluding tert-OH is 1. The lowest BCUT2D eigenvalue weighted by Crippen LogP contribution is -2.36. The first kappa shape index (κ1) is 17.1. The highest BCUT2D eigenvalue weighted by Crippen LogP contribution is 2.05. The van der Waals surface area contributed by atoms with Gasteiger partial charge in [0.05, 0.1) is 19.8 Å². The molecule has 0 saturated carbocycles. The summed E-state index contributed by atoms with van der Waals surface area (Å²) in [6, 6.07) is 13.3. The SMILES string of the molecule is O=C(c1cccnn1)N(CCOCCO)CCc1ccccc1. The summed E-state index contributed by atoms with van der Waals surface area (Å²) in [5.74, 6) is -0.165. The summed E-state index contributed by atoms with van der Waals surface area (Å²) in [7, 11) is 0. The Morgan fingerprint density at radius 2 is 1.91 bits per heavy atom. The third kappa shape index (κ3) is 5.77. The van der Waals surface area contributed by atoms with Crippen LogP contribution in [0.25, 0.3) is 0 Å². The van der Waals surface area contributed by atoms with Gasteiger partial charge in [-0.2, -0.15) is 5.10 Å². The molecule has 0 unspecified atom stereocenters. The van der Waals surface area contributed by atoms with Crippen LogP contribution in [0.1, 0.15) is 16.1 Å². The molecule has 2 aromatic rings. The van der Waals surface area contributed by atoms with E-state index in [2.05, 4.69) is 10.2 Å². The molecule has 0 aliphatic heterocycles. The summed E-state index contributed by atoms with van der Waals surface area (Å²) in [6.45, 7) is 1.64. The van der Waals surface area contributed by atoms with E-state index in [0.29, 0.717) is 25.4 Å². The van der Waals surface area contributed by atoms with Crippen LogP contribution in [0.5, 0.6) is 0 Å². The summed E-state index contributed by atoms with van der Waals surface area (Å²) in [5.41, 5.74) is 1.49. The van der Waals surface area contributed by atoms with Crippen molar-refractivity contribution < 1.29 is 14.6 Å². The fourth-order valence-corrected chi connectivity index (χ4v) is 2.14. The summed E-state index contributed by atoms with van der Waals surface area (Å²) < 4.78 is 5.27. The molecule has 1 aromatic carbocycles. The highest BCUT2D eigenvalue weighted by atomic mass is 16.5. The Bertz CT molecular complexity index is 578. The van der Waals surface area contributed by atoms with Crippen LogP contribution in [-0.2, 0) is 11.2 Å². The molecule has 0 fully saturated rings. The largest absolute Gasteiger partial charge is 0.394 e. The number of aromatic nitrogens is 2. The zero-order valence-corrected chi connectivity index (χ0v) is 13.0. The van der Waals surface area contributed by atoms with E-state index in [-0.39, 0.29) is 19.1 Å². The lowest BCUT2D eigenvalue weighted by molar-refractivity contribution is 0.0565. The van der Waals surface area contributed by atoms with Crippen molar-refractivity contribution in [2.75, 3.05) is 32.9 Å². The summed E-state index contributed by atoms with van der Waals surface area (Å²) >= 11 is 0. The summed E-state index contributed by atoms with van der Waals surface area (Å²) in [5, 5.41) is 16.4. The molecule has 23 heavy (non-hydrogen) atoms. The Hall–Kier alpha value is -2.31. The summed E-state index contributed by atoms with van der Waals surface area (Å²) in [6.07, 6.45) is 2.29. The van der Waals surface area contributed by atoms with Gasteiger partial charge in [-0.05, 0) is 24.1 Å². The minimum absolute atomic E-state index is 0.0257. The standard InChI is InChI=1S/C17H21N3O3/c21-12-14-23-13-11-20(10-8-15-5-2-1-3-6-15)17(22)16-7-4-9-18-19-16/h1-7,9,21H,8,10-14H2. The Morgan fingerprint density at radius 1 is 1.09 bits per heavy atom. The van der Waals surface area contributed by atoms with Gasteiger partial charge in [-0.15, -0.1) is 5.10 Å². The van der Waals surface area contributed by atoms with Crippen molar-refractivity contribution in [1.82, 2.24) is 15.1 Å². The molecular weight excluding hydrogens is 294 g/mol. The normalized spacial score (nSPS) is 10.5. The molecule has 1 amide bonds. The van der Waals surface area contributed by atoms with Crippen molar-refractivity contribution in [1.29, 1.82) is 0 Å². The lowest BCUT2D eigenvalue weighted by Gasteiger charge is -2.22. The Balaban J connectivity index is 1.97. The molecule has 122 valence electrons. The number of rotatable bonds is 9. The third-order valence-electron chi connectivity index (χ3n) is 3.33. The Morgan fingerprint density at radius 3 is 2.61 bits per heavy atom. The molecule has 0 bridgehead atoms. The number of carbonyl (C=O) groups is 1. The van der Waals surface area contributed by atoms with Gasteiger partial charge in [-0.1, -0.05) is 30.3 Å². The zero-order valence-electron chi connectivity index (χ0n) is 13.0. The van der Waals surface area contributed by atoms with Gasteiger partial charge < -0.3 is 14.7 Å². The number of amides is 1. The summed E-state index contributed by atoms with van der Waals surface area (Å²) in [4.78, 5) is 14.3. The van der Waals surface area contributed by atoms with Gasteiger partial charge in [-0.25, -0.2) is 0 Å². The molecular formula is C17H21N3O3. The number of hydrogen-bond donors (Lipinski definition) is 1. The van der Waals surface area contributed by atoms with Crippen molar-refractivity contribution in [2.45, 2.75) is 6.42 Å². The van der Waals surface area contributed by atoms with E-state index in [9.17, 15) is 4.79 Å². The maximum absolute atomic E-state index is 12.5. The fraction of sp³-hybridized carbons (Fsp3) is 0.353. The second-order valence-electron chi connectivity index (χ2n) is 4.97. The molecule has 1 N–H and O–H groups in total. The fourth-order valence-electron chi connectivity index (χ4n) is 2.14. The van der Waals surface area contributed by atoms with E-state index < -0.39 is 0 Å². The van der Waals surface area contributed by atoms with Crippen molar-refractivity contribution in [2.24, 2.45) is 0 Å². The molecule has 0 spiro atoms. The average molecular weight is 315 g/mol. The molecule has 0 atom stereocenters. The average Bonchev–Trinajstić information content (AvgIpc) is 2.62. The van der Waals surface area contributed by atoms with Crippen molar-refractivity contribution in [3.63, 3.8) is 0 Å². The van der Waals surface area contributed by atoms with Gasteiger partial charge in [0.25, 0.3) is 5.91 Å². The van der Waals surface area contributed by atoms with E-state index in [0.717, 1.165) is 6.42 Å². The second kappa shape index (κ2) is 9.66. The maximum Gasteiger partial charge on any atom is 0.274 e. The van der Waals surface area contributed by atoms with Gasteiger partial charge >= 0.3 is 0 Å². The molecule has 0 aliphatic rings. The van der Waals surface area contributed by atoms with Crippen LogP contribution < -0.4 is 0 Å². The first-order chi connectivity index (χ1) is 11.3. The van der Waals surface area contributed by atoms with Crippen molar-refractivity contribution in [3.8, 4) is 0 Å². The number of hydrogen-bond acceptors (Lipinski definition) is 5. The molecule has 0 saturated heterocycles. The van der Waals surface area contributed by atoms with E-state index in [1.54, 1.807) is 17.0 Å². The van der Waals surface area contributed by atoms with E-state index >= 15 is 0 Å². The monoisotopic (exact) mass is 315 g/mol. The minimum atomic E-state index is -0.165. The maximum atomic E-state index is 12.5. The van der Waals surface area contributed by atoms with Gasteiger partial charge in [0.15, 0.2) is 5.69 Å². The van der Waals surface area contributed by atoms with Crippen LogP contribution in [0.2, 0.25) is 0 Å². The van der Waals surface area contributed by atoms with Gasteiger partial charge in [0.2, 0.25) is 0 Å². The highest BCUT2D eigenvalue weighted by Gasteiger charge is 2.17. The zero-order chi connectivity index (χ0) is 16.3. The number of carbonyl (C=O) groups excluding carboxylic acids is 1. The van der Waals surface area contributed by atoms with Crippen molar-refractivity contribution in [3.05, 3.63) is 59.9 Å². The number of nitrogens with zero attached hydrogens (tertiary/aromatic N) is 3. The quantitative estimate of drug-likeness (QED) is 0.703. The highest BCUT2D eigenvalue weighted by molar-refractivity contribution is 5.92. The molecule has 1 aromatic heterocycles. The van der Waals surface area contributed by atoms with E-state index in [1.165, 1.54) is 11.8 Å². The molecule has 6 nitrogen and oxygen atoms in total. The van der Waals surface area contributed by atoms with Crippen LogP contribution in [0, 0.1) is 0 Å².